The van der Waals surface area contributed by atoms with Gasteiger partial charge in [-0.25, -0.2) is 0 Å². The molecule has 40 heavy (non-hydrogen) atoms. The van der Waals surface area contributed by atoms with Gasteiger partial charge < -0.3 is 24.8 Å². The molecular weight excluding hydrogens is 551 g/mol. The summed E-state index contributed by atoms with van der Waals surface area (Å²) in [4.78, 5) is 33.8. The average molecular weight is 580 g/mol. The van der Waals surface area contributed by atoms with Crippen LogP contribution in [-0.4, -0.2) is 64.5 Å². The highest BCUT2D eigenvalue weighted by atomic mass is 35.5. The first-order chi connectivity index (χ1) is 19.2. The van der Waals surface area contributed by atoms with Crippen LogP contribution >= 0.6 is 11.6 Å². The molecule has 1 fully saturated rings. The van der Waals surface area contributed by atoms with Crippen LogP contribution in [0.1, 0.15) is 36.8 Å². The zero-order valence-electron chi connectivity index (χ0n) is 21.9. The van der Waals surface area contributed by atoms with Crippen molar-refractivity contribution in [3.05, 3.63) is 56.7 Å². The smallest absolute Gasteiger partial charge is 0.377 e. The van der Waals surface area contributed by atoms with Crippen LogP contribution < -0.4 is 21.1 Å². The predicted molar refractivity (Wildman–Crippen MR) is 145 cm³/mol. The Kier molecular flexibility index (Phi) is 8.15. The fourth-order valence-electron chi connectivity index (χ4n) is 4.99. The Labute approximate surface area is 232 Å². The van der Waals surface area contributed by atoms with Crippen molar-refractivity contribution in [2.24, 2.45) is 0 Å². The minimum absolute atomic E-state index is 0.0445. The maximum Gasteiger partial charge on any atom is 0.416 e. The second kappa shape index (κ2) is 11.6. The lowest BCUT2D eigenvalue weighted by molar-refractivity contribution is -0.137. The lowest BCUT2D eigenvalue weighted by atomic mass is 10.1. The Morgan fingerprint density at radius 3 is 2.77 bits per heavy atom. The van der Waals surface area contributed by atoms with Crippen LogP contribution in [0, 0.1) is 0 Å². The van der Waals surface area contributed by atoms with E-state index in [-0.39, 0.29) is 28.6 Å². The first kappa shape index (κ1) is 28.1. The van der Waals surface area contributed by atoms with E-state index in [9.17, 15) is 22.8 Å². The molecule has 2 aliphatic heterocycles. The molecule has 1 amide bonds. The van der Waals surface area contributed by atoms with E-state index in [1.54, 1.807) is 4.57 Å². The summed E-state index contributed by atoms with van der Waals surface area (Å²) in [6, 6.07) is 2.74. The van der Waals surface area contributed by atoms with E-state index in [4.69, 9.17) is 16.3 Å². The normalized spacial score (nSPS) is 16.6. The number of hydrogen-bond acceptors (Lipinski definition) is 7. The highest BCUT2D eigenvalue weighted by Gasteiger charge is 2.31. The van der Waals surface area contributed by atoms with Gasteiger partial charge in [-0.2, -0.15) is 22.7 Å². The average Bonchev–Trinajstić information content (AvgIpc) is 3.21. The minimum Gasteiger partial charge on any atom is -0.377 e. The predicted octanol–water partition coefficient (Wildman–Crippen LogP) is 3.37. The molecule has 0 saturated carbocycles. The third-order valence-electron chi connectivity index (χ3n) is 6.94. The molecule has 0 aliphatic carbocycles. The number of carbonyl (C=O) groups is 1. The molecule has 2 aliphatic rings. The van der Waals surface area contributed by atoms with Crippen molar-refractivity contribution in [2.75, 3.05) is 49.6 Å². The van der Waals surface area contributed by atoms with E-state index in [1.807, 2.05) is 17.9 Å². The Balaban J connectivity index is 1.57. The molecule has 5 rings (SSSR count). The van der Waals surface area contributed by atoms with Crippen LogP contribution in [0.3, 0.4) is 0 Å². The highest BCUT2D eigenvalue weighted by molar-refractivity contribution is 6.33. The number of carbonyl (C=O) groups excluding carboxylic acids is 1. The number of benzene rings is 1. The molecule has 2 N–H and O–H groups in total. The zero-order chi connectivity index (χ0) is 28.4. The molecule has 2 aromatic heterocycles. The molecule has 0 radical (unpaired) electrons. The van der Waals surface area contributed by atoms with Gasteiger partial charge in [-0.1, -0.05) is 24.6 Å². The summed E-state index contributed by atoms with van der Waals surface area (Å²) in [6.45, 7) is 5.33. The number of nitrogens with one attached hydrogen (secondary N) is 2. The van der Waals surface area contributed by atoms with Gasteiger partial charge in [0.1, 0.15) is 12.2 Å². The molecule has 4 heterocycles. The van der Waals surface area contributed by atoms with Crippen molar-refractivity contribution in [1.82, 2.24) is 24.5 Å². The van der Waals surface area contributed by atoms with Crippen LogP contribution in [-0.2, 0) is 28.7 Å². The van der Waals surface area contributed by atoms with Crippen LogP contribution in [0.25, 0.3) is 11.4 Å². The molecule has 3 aromatic rings. The molecule has 1 saturated heterocycles. The van der Waals surface area contributed by atoms with Crippen LogP contribution in [0.4, 0.5) is 24.5 Å². The number of alkyl halides is 3. The number of fused-ring (bicyclic) bond motifs is 1. The van der Waals surface area contributed by atoms with E-state index in [0.717, 1.165) is 36.7 Å². The van der Waals surface area contributed by atoms with Crippen molar-refractivity contribution < 1.29 is 22.7 Å². The third-order valence-corrected chi connectivity index (χ3v) is 7.25. The van der Waals surface area contributed by atoms with Crippen molar-refractivity contribution >= 4 is 40.2 Å². The largest absolute Gasteiger partial charge is 0.416 e. The number of anilines is 2. The van der Waals surface area contributed by atoms with Crippen LogP contribution in [0.15, 0.2) is 29.1 Å². The number of nitrogens with zero attached hydrogens (tertiary/aromatic N) is 5. The Morgan fingerprint density at radius 1 is 1.25 bits per heavy atom. The third kappa shape index (κ3) is 5.72. The minimum atomic E-state index is -4.56. The topological polar surface area (TPSA) is 106 Å². The molecule has 1 aromatic carbocycles. The van der Waals surface area contributed by atoms with Crippen molar-refractivity contribution in [2.45, 2.75) is 38.9 Å². The van der Waals surface area contributed by atoms with Gasteiger partial charge in [0.15, 0.2) is 5.82 Å². The Morgan fingerprint density at radius 2 is 2.08 bits per heavy atom. The lowest BCUT2D eigenvalue weighted by Crippen LogP contribution is -2.37. The molecule has 0 spiro atoms. The van der Waals surface area contributed by atoms with Gasteiger partial charge in [-0.05, 0) is 49.6 Å². The highest BCUT2D eigenvalue weighted by Crippen LogP contribution is 2.34. The molecule has 0 atom stereocenters. The molecular formula is C26H29ClF3N7O3. The number of aromatic nitrogens is 4. The summed E-state index contributed by atoms with van der Waals surface area (Å²) >= 11 is 6.07. The molecule has 0 bridgehead atoms. The fourth-order valence-corrected chi connectivity index (χ4v) is 5.22. The van der Waals surface area contributed by atoms with Gasteiger partial charge in [0.25, 0.3) is 5.56 Å². The molecule has 14 heteroatoms. The quantitative estimate of drug-likeness (QED) is 0.461. The molecule has 0 unspecified atom stereocenters. The summed E-state index contributed by atoms with van der Waals surface area (Å²) in [7, 11) is 0. The Bertz CT molecular complexity index is 1510. The van der Waals surface area contributed by atoms with E-state index < -0.39 is 17.6 Å². The van der Waals surface area contributed by atoms with Gasteiger partial charge >= 0.3 is 6.18 Å². The number of amides is 1. The second-order valence-electron chi connectivity index (χ2n) is 9.57. The molecule has 214 valence electrons. The summed E-state index contributed by atoms with van der Waals surface area (Å²) in [5, 5.41) is 10.2. The number of rotatable bonds is 6. The summed E-state index contributed by atoms with van der Waals surface area (Å²) in [6.07, 6.45) is -0.840. The number of halogens is 4. The number of ether oxygens (including phenoxy) is 1. The molecule has 10 nitrogen and oxygen atoms in total. The van der Waals surface area contributed by atoms with E-state index >= 15 is 0 Å². The first-order valence-electron chi connectivity index (χ1n) is 13.1. The standard InChI is InChI=1S/C26H29ClF3N7O3/c1-2-20-22(35-10-3-8-31-9-11-35)24(39)37-25(33-23(34-37)16-6-12-40-13-7-16)36(20)15-21(38)32-19-5-4-17(14-18(19)27)26(28,29)30/h4-6,14,31H,2-3,7-13,15H2,1H3,(H,32,38). The van der Waals surface area contributed by atoms with E-state index in [1.165, 1.54) is 4.52 Å². The van der Waals surface area contributed by atoms with Crippen molar-refractivity contribution in [3.8, 4) is 0 Å². The van der Waals surface area contributed by atoms with Crippen LogP contribution in [0.5, 0.6) is 0 Å². The van der Waals surface area contributed by atoms with E-state index in [0.29, 0.717) is 62.9 Å². The summed E-state index contributed by atoms with van der Waals surface area (Å²) < 4.78 is 47.4. The van der Waals surface area contributed by atoms with Gasteiger partial charge in [-0.15, -0.1) is 5.10 Å². The van der Waals surface area contributed by atoms with Gasteiger partial charge in [0, 0.05) is 19.6 Å². The van der Waals surface area contributed by atoms with Gasteiger partial charge in [0.2, 0.25) is 11.7 Å². The zero-order valence-corrected chi connectivity index (χ0v) is 22.6. The van der Waals surface area contributed by atoms with E-state index in [2.05, 4.69) is 20.7 Å². The van der Waals surface area contributed by atoms with Crippen molar-refractivity contribution in [1.29, 1.82) is 0 Å². The van der Waals surface area contributed by atoms with Gasteiger partial charge in [0.05, 0.1) is 35.2 Å². The first-order valence-corrected chi connectivity index (χ1v) is 13.5. The maximum atomic E-state index is 13.8. The van der Waals surface area contributed by atoms with Crippen LogP contribution in [0.2, 0.25) is 5.02 Å². The van der Waals surface area contributed by atoms with Crippen molar-refractivity contribution in [3.63, 3.8) is 0 Å². The second-order valence-corrected chi connectivity index (χ2v) is 9.98. The summed E-state index contributed by atoms with van der Waals surface area (Å²) in [5.41, 5.74) is 0.733. The fraction of sp³-hybridized carbons (Fsp3) is 0.462. The number of hydrogen-bond donors (Lipinski definition) is 2. The summed E-state index contributed by atoms with van der Waals surface area (Å²) in [5.74, 6) is 0.0481. The monoisotopic (exact) mass is 579 g/mol. The van der Waals surface area contributed by atoms with Gasteiger partial charge in [-0.3, -0.25) is 9.59 Å². The maximum absolute atomic E-state index is 13.8. The SMILES string of the molecule is CCc1c(N2CCCNCC2)c(=O)n2nc(C3=CCOCC3)nc2n1CC(=O)Nc1ccc(C(F)(F)F)cc1Cl. The Hall–Kier alpha value is -3.42. The lowest BCUT2D eigenvalue weighted by Gasteiger charge is -2.26.